The average Bonchev–Trinajstić information content (AvgIpc) is 3.60. The fourth-order valence-corrected chi connectivity index (χ4v) is 11.6. The first-order valence-electron chi connectivity index (χ1n) is 22.9. The lowest BCUT2D eigenvalue weighted by Gasteiger charge is -2.38. The van der Waals surface area contributed by atoms with Crippen molar-refractivity contribution in [2.75, 3.05) is 0 Å². The quantitative estimate of drug-likeness (QED) is 0.105. The molecule has 0 amide bonds. The third-order valence-electron chi connectivity index (χ3n) is 15.0. The molecule has 0 aliphatic heterocycles. The lowest BCUT2D eigenvalue weighted by molar-refractivity contribution is 0.345. The molecule has 6 nitrogen and oxygen atoms in total. The third kappa shape index (κ3) is 8.44. The van der Waals surface area contributed by atoms with Gasteiger partial charge in [0.2, 0.25) is 0 Å². The second kappa shape index (κ2) is 16.9. The van der Waals surface area contributed by atoms with Gasteiger partial charge in [-0.3, -0.25) is 0 Å². The molecule has 336 valence electrons. The summed E-state index contributed by atoms with van der Waals surface area (Å²) in [5.74, 6) is 2.01. The van der Waals surface area contributed by atoms with E-state index in [1.165, 1.54) is 63.8 Å². The van der Waals surface area contributed by atoms with Crippen LogP contribution in [-0.4, -0.2) is 30.6 Å². The first-order valence-corrected chi connectivity index (χ1v) is 22.9. The fraction of sp³-hybridized carbons (Fsp3) is 0.379. The highest BCUT2D eigenvalue weighted by Crippen LogP contribution is 2.63. The van der Waals surface area contributed by atoms with Gasteiger partial charge < -0.3 is 30.6 Å². The standard InChI is InChI=1S/C21H24O2.C19H24O2.C18H20O2/c1-19(2)11-21(17-9-13(22)5-7-15(17)19)12-20(3,4)16-8-6-14(23)10-18(16)21;1-11-7-15(8-12(2)17(11)20)19(5,6)16-9-13(3)18(21)14(4)10-16;19-16-8-4-14(5-9-16)18(12-2-1-3-13-18)15-6-10-17(20)11-7-15/h5-10,22-23H,11-12H2,1-4H3;7-10,20-21H,1-6H3;4-11,19-20H,1-3,12-13H2. The highest BCUT2D eigenvalue weighted by Gasteiger charge is 2.56. The predicted octanol–water partition coefficient (Wildman–Crippen LogP) is 13.8. The van der Waals surface area contributed by atoms with Crippen LogP contribution in [0.15, 0.2) is 109 Å². The number of fused-ring (bicyclic) bond motifs is 4. The fourth-order valence-electron chi connectivity index (χ4n) is 11.6. The van der Waals surface area contributed by atoms with Gasteiger partial charge in [-0.25, -0.2) is 0 Å². The second-order valence-corrected chi connectivity index (χ2v) is 20.9. The van der Waals surface area contributed by atoms with Crippen molar-refractivity contribution in [3.05, 3.63) is 176 Å². The zero-order valence-electron chi connectivity index (χ0n) is 39.5. The van der Waals surface area contributed by atoms with E-state index < -0.39 is 0 Å². The molecule has 6 aromatic rings. The summed E-state index contributed by atoms with van der Waals surface area (Å²) in [6.45, 7) is 21.2. The van der Waals surface area contributed by atoms with Crippen molar-refractivity contribution in [3.63, 3.8) is 0 Å². The molecule has 3 aliphatic carbocycles. The molecule has 0 aromatic heterocycles. The number of aromatic hydroxyl groups is 6. The molecule has 0 radical (unpaired) electrons. The van der Waals surface area contributed by atoms with E-state index in [-0.39, 0.29) is 27.1 Å². The average molecular weight is 861 g/mol. The van der Waals surface area contributed by atoms with Gasteiger partial charge >= 0.3 is 0 Å². The summed E-state index contributed by atoms with van der Waals surface area (Å²) in [6.07, 6.45) is 8.02. The van der Waals surface area contributed by atoms with Crippen molar-refractivity contribution in [1.29, 1.82) is 0 Å². The van der Waals surface area contributed by atoms with Crippen LogP contribution in [0.2, 0.25) is 0 Å². The number of benzene rings is 6. The van der Waals surface area contributed by atoms with Gasteiger partial charge in [0.25, 0.3) is 0 Å². The molecular weight excluding hydrogens is 793 g/mol. The Labute approximate surface area is 381 Å². The molecule has 3 aliphatic rings. The number of rotatable bonds is 4. The van der Waals surface area contributed by atoms with Crippen LogP contribution in [-0.2, 0) is 27.1 Å². The molecule has 0 bridgehead atoms. The van der Waals surface area contributed by atoms with E-state index in [0.717, 1.165) is 47.9 Å². The van der Waals surface area contributed by atoms with Crippen molar-refractivity contribution < 1.29 is 30.6 Å². The first kappa shape index (κ1) is 46.1. The molecule has 0 atom stereocenters. The van der Waals surface area contributed by atoms with E-state index in [1.54, 1.807) is 36.4 Å². The van der Waals surface area contributed by atoms with Crippen molar-refractivity contribution in [1.82, 2.24) is 0 Å². The maximum atomic E-state index is 10.1. The number of hydrogen-bond donors (Lipinski definition) is 6. The normalized spacial score (nSPS) is 17.3. The zero-order chi connectivity index (χ0) is 46.6. The third-order valence-corrected chi connectivity index (χ3v) is 15.0. The van der Waals surface area contributed by atoms with Gasteiger partial charge in [0.05, 0.1) is 0 Å². The summed E-state index contributed by atoms with van der Waals surface area (Å²) in [7, 11) is 0. The first-order chi connectivity index (χ1) is 30.0. The van der Waals surface area contributed by atoms with Gasteiger partial charge in [0.1, 0.15) is 34.5 Å². The maximum absolute atomic E-state index is 10.1. The highest BCUT2D eigenvalue weighted by atomic mass is 16.3. The molecule has 0 unspecified atom stereocenters. The van der Waals surface area contributed by atoms with Crippen LogP contribution in [0.3, 0.4) is 0 Å². The van der Waals surface area contributed by atoms with Crippen LogP contribution in [0.5, 0.6) is 34.5 Å². The van der Waals surface area contributed by atoms with Gasteiger partial charge in [-0.05, 0) is 180 Å². The molecule has 6 N–H and O–H groups in total. The minimum absolute atomic E-state index is 0.0274. The van der Waals surface area contributed by atoms with Crippen LogP contribution < -0.4 is 0 Å². The minimum Gasteiger partial charge on any atom is -0.508 e. The molecule has 1 spiro atoms. The Kier molecular flexibility index (Phi) is 12.2. The van der Waals surface area contributed by atoms with E-state index in [2.05, 4.69) is 53.7 Å². The van der Waals surface area contributed by atoms with Crippen LogP contribution >= 0.6 is 0 Å². The summed E-state index contributed by atoms with van der Waals surface area (Å²) < 4.78 is 0. The largest absolute Gasteiger partial charge is 0.508 e. The Morgan fingerprint density at radius 2 is 0.719 bits per heavy atom. The SMILES string of the molecule is CC1(C)CC2(CC(C)(C)c3ccc(O)cc32)c2cc(O)ccc21.Cc1cc(C(C)(C)c2cc(C)c(O)c(C)c2)cc(C)c1O.Oc1ccc(C2(c3ccc(O)cc3)CCCCC2)cc1. The number of aryl methyl sites for hydroxylation is 4. The van der Waals surface area contributed by atoms with Crippen molar-refractivity contribution >= 4 is 0 Å². The Morgan fingerprint density at radius 1 is 0.391 bits per heavy atom. The molecule has 1 saturated carbocycles. The monoisotopic (exact) mass is 861 g/mol. The number of phenolic OH excluding ortho intramolecular Hbond substituents is 6. The minimum atomic E-state index is -0.188. The molecule has 1 fully saturated rings. The van der Waals surface area contributed by atoms with E-state index in [0.29, 0.717) is 34.5 Å². The molecular formula is C58H68O6. The zero-order valence-corrected chi connectivity index (χ0v) is 39.5. The van der Waals surface area contributed by atoms with Crippen LogP contribution in [0.25, 0.3) is 0 Å². The Bertz CT molecular complexity index is 2440. The van der Waals surface area contributed by atoms with Crippen molar-refractivity contribution in [2.24, 2.45) is 0 Å². The summed E-state index contributed by atoms with van der Waals surface area (Å²) >= 11 is 0. The van der Waals surface area contributed by atoms with E-state index in [4.69, 9.17) is 0 Å². The van der Waals surface area contributed by atoms with E-state index in [1.807, 2.05) is 88.4 Å². The smallest absolute Gasteiger partial charge is 0.121 e. The lowest BCUT2D eigenvalue weighted by atomic mass is 9.65. The number of phenols is 6. The summed E-state index contributed by atoms with van der Waals surface area (Å²) in [4.78, 5) is 0. The van der Waals surface area contributed by atoms with Gasteiger partial charge in [-0.2, -0.15) is 0 Å². The Balaban J connectivity index is 0.000000144. The number of hydrogen-bond acceptors (Lipinski definition) is 6. The van der Waals surface area contributed by atoms with Crippen LogP contribution in [0.1, 0.15) is 153 Å². The van der Waals surface area contributed by atoms with Gasteiger partial charge in [0, 0.05) is 16.2 Å². The maximum Gasteiger partial charge on any atom is 0.121 e. The lowest BCUT2D eigenvalue weighted by Crippen LogP contribution is -2.30. The Morgan fingerprint density at radius 3 is 1.06 bits per heavy atom. The van der Waals surface area contributed by atoms with E-state index in [9.17, 15) is 30.6 Å². The predicted molar refractivity (Wildman–Crippen MR) is 260 cm³/mol. The second-order valence-electron chi connectivity index (χ2n) is 20.9. The van der Waals surface area contributed by atoms with Gasteiger partial charge in [0.15, 0.2) is 0 Å². The van der Waals surface area contributed by atoms with Crippen LogP contribution in [0.4, 0.5) is 0 Å². The van der Waals surface area contributed by atoms with Crippen molar-refractivity contribution in [3.8, 4) is 34.5 Å². The van der Waals surface area contributed by atoms with Crippen LogP contribution in [0, 0.1) is 27.7 Å². The molecule has 9 rings (SSSR count). The topological polar surface area (TPSA) is 121 Å². The molecule has 64 heavy (non-hydrogen) atoms. The van der Waals surface area contributed by atoms with Gasteiger partial charge in [-0.15, -0.1) is 0 Å². The summed E-state index contributed by atoms with van der Waals surface area (Å²) in [6, 6.07) is 35.0. The van der Waals surface area contributed by atoms with Crippen molar-refractivity contribution in [2.45, 2.75) is 141 Å². The molecule has 6 aromatic carbocycles. The molecule has 0 heterocycles. The van der Waals surface area contributed by atoms with E-state index >= 15 is 0 Å². The highest BCUT2D eigenvalue weighted by molar-refractivity contribution is 5.62. The Hall–Kier alpha value is -5.88. The molecule has 0 saturated heterocycles. The summed E-state index contributed by atoms with van der Waals surface area (Å²) in [5, 5.41) is 59.1. The summed E-state index contributed by atoms with van der Waals surface area (Å²) in [5.41, 5.74) is 13.4. The van der Waals surface area contributed by atoms with Gasteiger partial charge in [-0.1, -0.05) is 121 Å². The molecule has 6 heteroatoms.